The van der Waals surface area contributed by atoms with Crippen LogP contribution in [0.3, 0.4) is 0 Å². The van der Waals surface area contributed by atoms with Crippen molar-refractivity contribution in [3.63, 3.8) is 0 Å². The predicted molar refractivity (Wildman–Crippen MR) is 84.0 cm³/mol. The molecule has 1 saturated carbocycles. The van der Waals surface area contributed by atoms with Crippen LogP contribution in [0.2, 0.25) is 0 Å². The molecule has 6 heteroatoms. The van der Waals surface area contributed by atoms with Crippen molar-refractivity contribution >= 4 is 11.6 Å². The summed E-state index contributed by atoms with van der Waals surface area (Å²) in [6.07, 6.45) is 3.49. The van der Waals surface area contributed by atoms with Gasteiger partial charge in [-0.15, -0.1) is 0 Å². The maximum Gasteiger partial charge on any atom is 0.136 e. The zero-order chi connectivity index (χ0) is 14.9. The zero-order valence-electron chi connectivity index (χ0n) is 13.0. The lowest BCUT2D eigenvalue weighted by Gasteiger charge is -2.11. The molecule has 6 nitrogen and oxygen atoms in total. The molecule has 1 aliphatic rings. The van der Waals surface area contributed by atoms with Gasteiger partial charge in [0.1, 0.15) is 17.5 Å². The molecule has 0 saturated heterocycles. The summed E-state index contributed by atoms with van der Waals surface area (Å²) in [4.78, 5) is 9.19. The molecule has 118 valence electrons. The third kappa shape index (κ3) is 5.85. The summed E-state index contributed by atoms with van der Waals surface area (Å²) in [7, 11) is 1.67. The first-order valence-electron chi connectivity index (χ1n) is 7.77. The van der Waals surface area contributed by atoms with Crippen LogP contribution in [0.15, 0.2) is 6.07 Å². The number of aromatic nitrogens is 2. The fourth-order valence-electron chi connectivity index (χ4n) is 1.92. The van der Waals surface area contributed by atoms with Gasteiger partial charge < -0.3 is 20.1 Å². The van der Waals surface area contributed by atoms with Crippen molar-refractivity contribution in [2.45, 2.75) is 32.1 Å². The van der Waals surface area contributed by atoms with Gasteiger partial charge >= 0.3 is 0 Å². The van der Waals surface area contributed by atoms with E-state index in [1.54, 1.807) is 7.11 Å². The number of nitrogens with one attached hydrogen (secondary N) is 2. The van der Waals surface area contributed by atoms with E-state index in [1.165, 1.54) is 12.8 Å². The van der Waals surface area contributed by atoms with Crippen molar-refractivity contribution in [1.82, 2.24) is 9.97 Å². The average Bonchev–Trinajstić information content (AvgIpc) is 3.33. The zero-order valence-corrected chi connectivity index (χ0v) is 13.0. The van der Waals surface area contributed by atoms with E-state index in [-0.39, 0.29) is 0 Å². The van der Waals surface area contributed by atoms with Crippen LogP contribution in [0.5, 0.6) is 0 Å². The van der Waals surface area contributed by atoms with Gasteiger partial charge in [0, 0.05) is 32.2 Å². The van der Waals surface area contributed by atoms with E-state index in [2.05, 4.69) is 27.5 Å². The third-order valence-corrected chi connectivity index (χ3v) is 3.23. The molecular weight excluding hydrogens is 268 g/mol. The molecule has 0 atom stereocenters. The highest BCUT2D eigenvalue weighted by Crippen LogP contribution is 2.38. The summed E-state index contributed by atoms with van der Waals surface area (Å²) in [5.74, 6) is 3.29. The van der Waals surface area contributed by atoms with Crippen LogP contribution in [0.4, 0.5) is 11.6 Å². The Morgan fingerprint density at radius 2 is 1.81 bits per heavy atom. The minimum absolute atomic E-state index is 0.548. The topological polar surface area (TPSA) is 68.3 Å². The van der Waals surface area contributed by atoms with E-state index >= 15 is 0 Å². The number of nitrogens with zero attached hydrogens (tertiary/aromatic N) is 2. The van der Waals surface area contributed by atoms with Gasteiger partial charge in [0.05, 0.1) is 19.8 Å². The number of hydrogen-bond acceptors (Lipinski definition) is 6. The Hall–Kier alpha value is -1.40. The molecule has 0 amide bonds. The highest BCUT2D eigenvalue weighted by molar-refractivity contribution is 5.48. The van der Waals surface area contributed by atoms with E-state index in [1.807, 2.05) is 6.07 Å². The van der Waals surface area contributed by atoms with Gasteiger partial charge in [-0.2, -0.15) is 0 Å². The van der Waals surface area contributed by atoms with Gasteiger partial charge in [-0.3, -0.25) is 0 Å². The fourth-order valence-corrected chi connectivity index (χ4v) is 1.92. The largest absolute Gasteiger partial charge is 0.382 e. The Bertz CT molecular complexity index is 424. The van der Waals surface area contributed by atoms with E-state index < -0.39 is 0 Å². The Labute approximate surface area is 126 Å². The summed E-state index contributed by atoms with van der Waals surface area (Å²) >= 11 is 0. The van der Waals surface area contributed by atoms with E-state index in [4.69, 9.17) is 9.47 Å². The Balaban J connectivity index is 1.83. The fraction of sp³-hybridized carbons (Fsp3) is 0.733. The van der Waals surface area contributed by atoms with Gasteiger partial charge in [0.2, 0.25) is 0 Å². The van der Waals surface area contributed by atoms with Crippen molar-refractivity contribution < 1.29 is 9.47 Å². The van der Waals surface area contributed by atoms with Gasteiger partial charge in [-0.1, -0.05) is 6.92 Å². The molecule has 0 unspecified atom stereocenters. The molecule has 1 fully saturated rings. The van der Waals surface area contributed by atoms with Crippen LogP contribution in [0.25, 0.3) is 0 Å². The molecule has 2 N–H and O–H groups in total. The molecule has 1 aromatic heterocycles. The van der Waals surface area contributed by atoms with Crippen LogP contribution in [0, 0.1) is 0 Å². The van der Waals surface area contributed by atoms with Crippen molar-refractivity contribution in [2.24, 2.45) is 0 Å². The van der Waals surface area contributed by atoms with Crippen LogP contribution >= 0.6 is 0 Å². The number of anilines is 2. The van der Waals surface area contributed by atoms with Crippen LogP contribution < -0.4 is 10.6 Å². The minimum Gasteiger partial charge on any atom is -0.382 e. The highest BCUT2D eigenvalue weighted by Gasteiger charge is 2.27. The molecular formula is C15H26N4O2. The average molecular weight is 294 g/mol. The van der Waals surface area contributed by atoms with Gasteiger partial charge in [0.15, 0.2) is 0 Å². The number of hydrogen-bond donors (Lipinski definition) is 2. The Kier molecular flexibility index (Phi) is 6.69. The second kappa shape index (κ2) is 8.79. The first kappa shape index (κ1) is 16.0. The summed E-state index contributed by atoms with van der Waals surface area (Å²) in [5, 5.41) is 6.64. The van der Waals surface area contributed by atoms with Gasteiger partial charge in [-0.25, -0.2) is 9.97 Å². The summed E-state index contributed by atoms with van der Waals surface area (Å²) < 4.78 is 10.4. The quantitative estimate of drug-likeness (QED) is 0.610. The molecule has 21 heavy (non-hydrogen) atoms. The molecule has 0 aromatic carbocycles. The number of ether oxygens (including phenoxy) is 2. The molecule has 2 rings (SSSR count). The van der Waals surface area contributed by atoms with Crippen molar-refractivity contribution in [3.8, 4) is 0 Å². The number of methoxy groups -OCH3 is 1. The minimum atomic E-state index is 0.548. The van der Waals surface area contributed by atoms with Crippen LogP contribution in [-0.4, -0.2) is 50.0 Å². The normalized spacial score (nSPS) is 14.2. The molecule has 0 radical (unpaired) electrons. The lowest BCUT2D eigenvalue weighted by atomic mass is 10.3. The van der Waals surface area contributed by atoms with E-state index in [0.717, 1.165) is 37.0 Å². The standard InChI is InChI=1S/C15H26N4O2/c1-3-6-16-13-11-14(17-7-8-21-10-9-20-2)19-15(18-13)12-4-5-12/h11-12H,3-10H2,1-2H3,(H2,16,17,18,19). The van der Waals surface area contributed by atoms with Crippen molar-refractivity contribution in [2.75, 3.05) is 50.7 Å². The first-order valence-corrected chi connectivity index (χ1v) is 7.77. The molecule has 0 aliphatic heterocycles. The van der Waals surface area contributed by atoms with Crippen LogP contribution in [-0.2, 0) is 9.47 Å². The molecule has 1 heterocycles. The molecule has 0 spiro atoms. The maximum absolute atomic E-state index is 5.43. The van der Waals surface area contributed by atoms with Gasteiger partial charge in [-0.05, 0) is 19.3 Å². The summed E-state index contributed by atoms with van der Waals surface area (Å²) in [6, 6.07) is 1.97. The smallest absolute Gasteiger partial charge is 0.136 e. The lowest BCUT2D eigenvalue weighted by Crippen LogP contribution is -2.14. The highest BCUT2D eigenvalue weighted by atomic mass is 16.5. The second-order valence-corrected chi connectivity index (χ2v) is 5.23. The van der Waals surface area contributed by atoms with Gasteiger partial charge in [0.25, 0.3) is 0 Å². The summed E-state index contributed by atoms with van der Waals surface area (Å²) in [6.45, 7) is 5.71. The predicted octanol–water partition coefficient (Wildman–Crippen LogP) is 2.25. The molecule has 1 aromatic rings. The first-order chi connectivity index (χ1) is 10.3. The SMILES string of the molecule is CCCNc1cc(NCCOCCOC)nc(C2CC2)n1. The van der Waals surface area contributed by atoms with E-state index in [0.29, 0.717) is 25.7 Å². The third-order valence-electron chi connectivity index (χ3n) is 3.23. The molecule has 1 aliphatic carbocycles. The monoisotopic (exact) mass is 294 g/mol. The summed E-state index contributed by atoms with van der Waals surface area (Å²) in [5.41, 5.74) is 0. The second-order valence-electron chi connectivity index (χ2n) is 5.23. The molecule has 0 bridgehead atoms. The van der Waals surface area contributed by atoms with Crippen LogP contribution in [0.1, 0.15) is 37.9 Å². The Morgan fingerprint density at radius 3 is 2.43 bits per heavy atom. The van der Waals surface area contributed by atoms with Crippen molar-refractivity contribution in [1.29, 1.82) is 0 Å². The maximum atomic E-state index is 5.43. The van der Waals surface area contributed by atoms with Crippen molar-refractivity contribution in [3.05, 3.63) is 11.9 Å². The lowest BCUT2D eigenvalue weighted by molar-refractivity contribution is 0.0759. The van der Waals surface area contributed by atoms with E-state index in [9.17, 15) is 0 Å². The number of rotatable bonds is 11. The Morgan fingerprint density at radius 1 is 1.10 bits per heavy atom.